The van der Waals surface area contributed by atoms with Crippen molar-refractivity contribution in [3.63, 3.8) is 0 Å². The first-order valence-corrected chi connectivity index (χ1v) is 9.42. The Morgan fingerprint density at radius 1 is 1.10 bits per heavy atom. The molecule has 0 fully saturated rings. The van der Waals surface area contributed by atoms with E-state index in [0.29, 0.717) is 29.4 Å². The summed E-state index contributed by atoms with van der Waals surface area (Å²) in [5.41, 5.74) is 8.28. The lowest BCUT2D eigenvalue weighted by molar-refractivity contribution is 0.925. The number of nitrogens with zero attached hydrogens (tertiary/aromatic N) is 6. The van der Waals surface area contributed by atoms with Crippen LogP contribution in [0, 0.1) is 18.3 Å². The third-order valence-electron chi connectivity index (χ3n) is 4.88. The van der Waals surface area contributed by atoms with E-state index in [1.165, 1.54) is 6.33 Å². The quantitative estimate of drug-likeness (QED) is 0.563. The van der Waals surface area contributed by atoms with Gasteiger partial charge in [-0.15, -0.1) is 0 Å². The molecule has 0 unspecified atom stereocenters. The lowest BCUT2D eigenvalue weighted by atomic mass is 10.1. The van der Waals surface area contributed by atoms with E-state index in [2.05, 4.69) is 16.0 Å². The summed E-state index contributed by atoms with van der Waals surface area (Å²) in [4.78, 5) is 28.3. The fourth-order valence-corrected chi connectivity index (χ4v) is 3.48. The molecule has 0 bridgehead atoms. The van der Waals surface area contributed by atoms with Crippen molar-refractivity contribution in [1.82, 2.24) is 19.4 Å². The number of benzene rings is 1. The van der Waals surface area contributed by atoms with Crippen molar-refractivity contribution in [2.45, 2.75) is 13.8 Å². The smallest absolute Gasteiger partial charge is 0.268 e. The summed E-state index contributed by atoms with van der Waals surface area (Å²) < 4.78 is 1.58. The molecule has 0 aliphatic carbocycles. The van der Waals surface area contributed by atoms with Gasteiger partial charge in [0.1, 0.15) is 35.2 Å². The van der Waals surface area contributed by atoms with E-state index < -0.39 is 0 Å². The molecule has 1 aromatic carbocycles. The fraction of sp³-hybridized carbons (Fsp3) is 0.136. The van der Waals surface area contributed by atoms with Gasteiger partial charge in [0, 0.05) is 12.2 Å². The van der Waals surface area contributed by atoms with Gasteiger partial charge in [-0.25, -0.2) is 15.0 Å². The van der Waals surface area contributed by atoms with E-state index in [1.807, 2.05) is 56.3 Å². The van der Waals surface area contributed by atoms with Crippen molar-refractivity contribution in [2.75, 3.05) is 17.2 Å². The molecule has 0 aliphatic rings. The molecule has 8 nitrogen and oxygen atoms in total. The number of aromatic nitrogens is 4. The zero-order valence-corrected chi connectivity index (χ0v) is 16.6. The summed E-state index contributed by atoms with van der Waals surface area (Å²) in [5.74, 6) is 0.804. The molecule has 0 atom stereocenters. The van der Waals surface area contributed by atoms with Gasteiger partial charge in [-0.2, -0.15) is 5.26 Å². The zero-order valence-electron chi connectivity index (χ0n) is 16.6. The maximum atomic E-state index is 13.6. The van der Waals surface area contributed by atoms with Gasteiger partial charge in [-0.05, 0) is 31.5 Å². The second-order valence-electron chi connectivity index (χ2n) is 6.66. The fourth-order valence-electron chi connectivity index (χ4n) is 3.48. The van der Waals surface area contributed by atoms with Crippen LogP contribution in [0.1, 0.15) is 18.2 Å². The molecule has 3 heterocycles. The maximum Gasteiger partial charge on any atom is 0.268 e. The maximum absolute atomic E-state index is 13.6. The van der Waals surface area contributed by atoms with Gasteiger partial charge in [0.25, 0.3) is 5.56 Å². The summed E-state index contributed by atoms with van der Waals surface area (Å²) in [5, 5.41) is 9.62. The molecule has 3 aromatic heterocycles. The predicted molar refractivity (Wildman–Crippen MR) is 115 cm³/mol. The lowest BCUT2D eigenvalue weighted by Gasteiger charge is -2.25. The number of rotatable bonds is 4. The topological polar surface area (TPSA) is 113 Å². The van der Waals surface area contributed by atoms with Gasteiger partial charge in [-0.1, -0.05) is 36.4 Å². The highest BCUT2D eigenvalue weighted by molar-refractivity contribution is 5.82. The van der Waals surface area contributed by atoms with Crippen molar-refractivity contribution >= 4 is 23.1 Å². The number of anilines is 3. The van der Waals surface area contributed by atoms with Crippen molar-refractivity contribution in [1.29, 1.82) is 5.26 Å². The molecule has 4 aromatic rings. The van der Waals surface area contributed by atoms with E-state index in [9.17, 15) is 10.1 Å². The van der Waals surface area contributed by atoms with Crippen molar-refractivity contribution < 1.29 is 0 Å². The van der Waals surface area contributed by atoms with Gasteiger partial charge in [-0.3, -0.25) is 9.20 Å². The Balaban J connectivity index is 2.11. The Hall–Kier alpha value is -4.25. The average Bonchev–Trinajstić information content (AvgIpc) is 2.75. The average molecular weight is 397 g/mol. The second-order valence-corrected chi connectivity index (χ2v) is 6.66. The van der Waals surface area contributed by atoms with Crippen LogP contribution in [0.5, 0.6) is 0 Å². The van der Waals surface area contributed by atoms with Gasteiger partial charge in [0.15, 0.2) is 5.82 Å². The van der Waals surface area contributed by atoms with Crippen LogP contribution in [0.15, 0.2) is 59.7 Å². The molecule has 0 spiro atoms. The Labute approximate surface area is 172 Å². The molecule has 0 aliphatic heterocycles. The first-order chi connectivity index (χ1) is 14.6. The highest BCUT2D eigenvalue weighted by Crippen LogP contribution is 2.33. The summed E-state index contributed by atoms with van der Waals surface area (Å²) >= 11 is 0. The Kier molecular flexibility index (Phi) is 4.86. The van der Waals surface area contributed by atoms with Gasteiger partial charge in [0.05, 0.1) is 5.56 Å². The van der Waals surface area contributed by atoms with Crippen LogP contribution in [-0.4, -0.2) is 25.9 Å². The minimum absolute atomic E-state index is 0.0792. The number of nitrogens with two attached hydrogens (primary N) is 1. The standard InChI is InChI=1S/C22H19N7O/c1-3-28(20-16(12-23)19(24)25-13-26-20)21-18(15-9-5-4-6-10-15)22(30)29-14(2)8-7-11-17(29)27-21/h4-11,13H,3H2,1-2H3,(H2,24,25,26). The summed E-state index contributed by atoms with van der Waals surface area (Å²) in [7, 11) is 0. The number of hydrogen-bond acceptors (Lipinski definition) is 7. The highest BCUT2D eigenvalue weighted by atomic mass is 16.1. The predicted octanol–water partition coefficient (Wildman–Crippen LogP) is 3.07. The summed E-state index contributed by atoms with van der Waals surface area (Å²) in [6.45, 7) is 4.17. The van der Waals surface area contributed by atoms with E-state index >= 15 is 0 Å². The monoisotopic (exact) mass is 397 g/mol. The molecule has 4 rings (SSSR count). The molecule has 30 heavy (non-hydrogen) atoms. The lowest BCUT2D eigenvalue weighted by Crippen LogP contribution is -2.27. The van der Waals surface area contributed by atoms with Crippen LogP contribution < -0.4 is 16.2 Å². The van der Waals surface area contributed by atoms with Crippen LogP contribution in [0.4, 0.5) is 17.5 Å². The number of nitrogen functional groups attached to an aromatic ring is 1. The largest absolute Gasteiger partial charge is 0.382 e. The van der Waals surface area contributed by atoms with Crippen LogP contribution in [-0.2, 0) is 0 Å². The number of aryl methyl sites for hydroxylation is 1. The molecule has 2 N–H and O–H groups in total. The second kappa shape index (κ2) is 7.64. The minimum atomic E-state index is -0.196. The van der Waals surface area contributed by atoms with Crippen molar-refractivity contribution in [2.24, 2.45) is 0 Å². The SMILES string of the molecule is CCN(c1ncnc(N)c1C#N)c1nc2cccc(C)n2c(=O)c1-c1ccccc1. The van der Waals surface area contributed by atoms with Gasteiger partial charge < -0.3 is 10.6 Å². The summed E-state index contributed by atoms with van der Waals surface area (Å²) in [6, 6.07) is 16.9. The van der Waals surface area contributed by atoms with Crippen LogP contribution in [0.25, 0.3) is 16.8 Å². The van der Waals surface area contributed by atoms with Crippen molar-refractivity contribution in [3.05, 3.63) is 76.5 Å². The van der Waals surface area contributed by atoms with Gasteiger partial charge in [0.2, 0.25) is 0 Å². The molecular weight excluding hydrogens is 378 g/mol. The van der Waals surface area contributed by atoms with E-state index in [0.717, 1.165) is 11.3 Å². The van der Waals surface area contributed by atoms with Gasteiger partial charge >= 0.3 is 0 Å². The first-order valence-electron chi connectivity index (χ1n) is 9.42. The third-order valence-corrected chi connectivity index (χ3v) is 4.88. The number of pyridine rings is 1. The molecule has 8 heteroatoms. The minimum Gasteiger partial charge on any atom is -0.382 e. The number of nitriles is 1. The number of hydrogen-bond donors (Lipinski definition) is 1. The third kappa shape index (κ3) is 3.02. The van der Waals surface area contributed by atoms with Crippen molar-refractivity contribution in [3.8, 4) is 17.2 Å². The van der Waals surface area contributed by atoms with Crippen LogP contribution in [0.3, 0.4) is 0 Å². The molecular formula is C22H19N7O. The highest BCUT2D eigenvalue weighted by Gasteiger charge is 2.24. The van der Waals surface area contributed by atoms with Crippen LogP contribution >= 0.6 is 0 Å². The Morgan fingerprint density at radius 2 is 1.87 bits per heavy atom. The molecule has 0 amide bonds. The van der Waals surface area contributed by atoms with E-state index in [-0.39, 0.29) is 16.9 Å². The molecule has 148 valence electrons. The molecule has 0 radical (unpaired) electrons. The van der Waals surface area contributed by atoms with Crippen LogP contribution in [0.2, 0.25) is 0 Å². The Bertz CT molecular complexity index is 1340. The molecule has 0 saturated carbocycles. The zero-order chi connectivity index (χ0) is 21.3. The first kappa shape index (κ1) is 19.1. The number of fused-ring (bicyclic) bond motifs is 1. The normalized spacial score (nSPS) is 10.7. The van der Waals surface area contributed by atoms with E-state index in [4.69, 9.17) is 10.7 Å². The van der Waals surface area contributed by atoms with E-state index in [1.54, 1.807) is 15.4 Å². The Morgan fingerprint density at radius 3 is 2.57 bits per heavy atom. The summed E-state index contributed by atoms with van der Waals surface area (Å²) in [6.07, 6.45) is 1.30. The molecule has 0 saturated heterocycles.